The van der Waals surface area contributed by atoms with E-state index in [1.165, 1.54) is 27.7 Å². The SMILES string of the molecule is CC(C)C(=O)Nc1cccc(C2CCN(CCCc3c(-c4cccc(Cl)c4)[nH]c4ccccc34)CC2)c1. The number of piperidine rings is 1. The summed E-state index contributed by atoms with van der Waals surface area (Å²) in [5, 5.41) is 5.11. The fraction of sp³-hybridized carbons (Fsp3) is 0.344. The molecule has 0 radical (unpaired) electrons. The molecule has 1 fully saturated rings. The van der Waals surface area contributed by atoms with Crippen LogP contribution < -0.4 is 5.32 Å². The zero-order valence-electron chi connectivity index (χ0n) is 21.8. The Balaban J connectivity index is 1.19. The Morgan fingerprint density at radius 3 is 2.59 bits per heavy atom. The topological polar surface area (TPSA) is 48.1 Å². The minimum atomic E-state index is -0.0160. The highest BCUT2D eigenvalue weighted by atomic mass is 35.5. The van der Waals surface area contributed by atoms with Crippen LogP contribution in [0, 0.1) is 5.92 Å². The number of carbonyl (C=O) groups excluding carboxylic acids is 1. The number of nitrogens with zero attached hydrogens (tertiary/aromatic N) is 1. The first-order valence-electron chi connectivity index (χ1n) is 13.5. The number of benzene rings is 3. The van der Waals surface area contributed by atoms with E-state index in [2.05, 4.69) is 63.7 Å². The van der Waals surface area contributed by atoms with Crippen molar-refractivity contribution in [2.75, 3.05) is 25.0 Å². The van der Waals surface area contributed by atoms with Crippen LogP contribution in [0.25, 0.3) is 22.2 Å². The highest BCUT2D eigenvalue weighted by Crippen LogP contribution is 2.33. The number of H-pyrrole nitrogens is 1. The number of para-hydroxylation sites is 1. The molecule has 1 aliphatic heterocycles. The summed E-state index contributed by atoms with van der Waals surface area (Å²) in [4.78, 5) is 18.3. The van der Waals surface area contributed by atoms with Gasteiger partial charge in [0.15, 0.2) is 0 Å². The Bertz CT molecular complexity index is 1370. The Hall–Kier alpha value is -3.08. The first-order valence-corrected chi connectivity index (χ1v) is 13.8. The van der Waals surface area contributed by atoms with Gasteiger partial charge in [-0.2, -0.15) is 0 Å². The molecule has 0 bridgehead atoms. The van der Waals surface area contributed by atoms with Crippen molar-refractivity contribution >= 4 is 34.1 Å². The van der Waals surface area contributed by atoms with Crippen LogP contribution >= 0.6 is 11.6 Å². The van der Waals surface area contributed by atoms with Gasteiger partial charge in [-0.05, 0) is 98.3 Å². The van der Waals surface area contributed by atoms with Crippen molar-refractivity contribution in [1.29, 1.82) is 0 Å². The molecule has 0 aliphatic carbocycles. The molecular weight excluding hydrogens is 478 g/mol. The molecule has 4 nitrogen and oxygen atoms in total. The van der Waals surface area contributed by atoms with E-state index in [0.717, 1.165) is 61.6 Å². The summed E-state index contributed by atoms with van der Waals surface area (Å²) >= 11 is 6.31. The van der Waals surface area contributed by atoms with Crippen LogP contribution in [0.1, 0.15) is 50.2 Å². The number of hydrogen-bond donors (Lipinski definition) is 2. The first-order chi connectivity index (χ1) is 18.0. The van der Waals surface area contributed by atoms with E-state index in [4.69, 9.17) is 11.6 Å². The van der Waals surface area contributed by atoms with Crippen LogP contribution in [0.15, 0.2) is 72.8 Å². The lowest BCUT2D eigenvalue weighted by molar-refractivity contribution is -0.118. The van der Waals surface area contributed by atoms with Crippen LogP contribution in [0.3, 0.4) is 0 Å². The molecule has 5 heteroatoms. The molecule has 0 saturated carbocycles. The van der Waals surface area contributed by atoms with Crippen molar-refractivity contribution in [2.24, 2.45) is 5.92 Å². The number of halogens is 1. The Labute approximate surface area is 225 Å². The van der Waals surface area contributed by atoms with Crippen molar-refractivity contribution in [3.63, 3.8) is 0 Å². The van der Waals surface area contributed by atoms with E-state index >= 15 is 0 Å². The maximum absolute atomic E-state index is 12.1. The van der Waals surface area contributed by atoms with E-state index in [1.807, 2.05) is 38.1 Å². The summed E-state index contributed by atoms with van der Waals surface area (Å²) in [6.07, 6.45) is 4.46. The predicted octanol–water partition coefficient (Wildman–Crippen LogP) is 7.90. The van der Waals surface area contributed by atoms with Crippen LogP contribution in [-0.2, 0) is 11.2 Å². The summed E-state index contributed by atoms with van der Waals surface area (Å²) in [5.41, 5.74) is 7.14. The van der Waals surface area contributed by atoms with Crippen molar-refractivity contribution in [2.45, 2.75) is 45.4 Å². The molecule has 1 saturated heterocycles. The molecule has 192 valence electrons. The van der Waals surface area contributed by atoms with Crippen LogP contribution in [-0.4, -0.2) is 35.4 Å². The summed E-state index contributed by atoms with van der Waals surface area (Å²) in [6.45, 7) is 7.17. The van der Waals surface area contributed by atoms with Gasteiger partial charge in [0.25, 0.3) is 0 Å². The Morgan fingerprint density at radius 2 is 1.81 bits per heavy atom. The number of carbonyl (C=O) groups is 1. The molecule has 1 aliphatic rings. The lowest BCUT2D eigenvalue weighted by Crippen LogP contribution is -2.33. The van der Waals surface area contributed by atoms with E-state index in [-0.39, 0.29) is 11.8 Å². The number of anilines is 1. The predicted molar refractivity (Wildman–Crippen MR) is 155 cm³/mol. The number of hydrogen-bond acceptors (Lipinski definition) is 2. The quantitative estimate of drug-likeness (QED) is 0.251. The van der Waals surface area contributed by atoms with Gasteiger partial charge in [-0.1, -0.05) is 67.9 Å². The van der Waals surface area contributed by atoms with Crippen molar-refractivity contribution in [1.82, 2.24) is 9.88 Å². The van der Waals surface area contributed by atoms with E-state index in [0.29, 0.717) is 5.92 Å². The molecule has 1 amide bonds. The zero-order valence-corrected chi connectivity index (χ0v) is 22.5. The molecule has 4 aromatic rings. The van der Waals surface area contributed by atoms with Gasteiger partial charge in [0.1, 0.15) is 0 Å². The Kier molecular flexibility index (Phi) is 7.97. The van der Waals surface area contributed by atoms with E-state index in [1.54, 1.807) is 0 Å². The van der Waals surface area contributed by atoms with Gasteiger partial charge in [0.05, 0.1) is 0 Å². The fourth-order valence-electron chi connectivity index (χ4n) is 5.48. The lowest BCUT2D eigenvalue weighted by atomic mass is 9.89. The molecule has 0 spiro atoms. The van der Waals surface area contributed by atoms with Crippen LogP contribution in [0.2, 0.25) is 5.02 Å². The van der Waals surface area contributed by atoms with E-state index in [9.17, 15) is 4.79 Å². The maximum atomic E-state index is 12.1. The highest BCUT2D eigenvalue weighted by Gasteiger charge is 2.21. The maximum Gasteiger partial charge on any atom is 0.226 e. The van der Waals surface area contributed by atoms with Gasteiger partial charge in [0.2, 0.25) is 5.91 Å². The molecule has 2 heterocycles. The van der Waals surface area contributed by atoms with Gasteiger partial charge in [-0.25, -0.2) is 0 Å². The number of nitrogens with one attached hydrogen (secondary N) is 2. The number of aromatic amines is 1. The van der Waals surface area contributed by atoms with E-state index < -0.39 is 0 Å². The van der Waals surface area contributed by atoms with Crippen LogP contribution in [0.5, 0.6) is 0 Å². The third-order valence-electron chi connectivity index (χ3n) is 7.57. The molecule has 2 N–H and O–H groups in total. The monoisotopic (exact) mass is 513 g/mol. The second-order valence-electron chi connectivity index (χ2n) is 10.5. The molecule has 1 aromatic heterocycles. The van der Waals surface area contributed by atoms with Crippen molar-refractivity contribution in [3.05, 3.63) is 88.9 Å². The molecule has 3 aromatic carbocycles. The Morgan fingerprint density at radius 1 is 1.03 bits per heavy atom. The third-order valence-corrected chi connectivity index (χ3v) is 7.80. The summed E-state index contributed by atoms with van der Waals surface area (Å²) in [5.74, 6) is 0.605. The second kappa shape index (κ2) is 11.5. The summed E-state index contributed by atoms with van der Waals surface area (Å²) in [7, 11) is 0. The smallest absolute Gasteiger partial charge is 0.226 e. The van der Waals surface area contributed by atoms with Crippen molar-refractivity contribution in [3.8, 4) is 11.3 Å². The largest absolute Gasteiger partial charge is 0.354 e. The lowest BCUT2D eigenvalue weighted by Gasteiger charge is -2.32. The number of likely N-dealkylation sites (tertiary alicyclic amines) is 1. The van der Waals surface area contributed by atoms with Crippen LogP contribution in [0.4, 0.5) is 5.69 Å². The van der Waals surface area contributed by atoms with Gasteiger partial charge in [0, 0.05) is 33.2 Å². The molecule has 5 rings (SSSR count). The molecular formula is C32H36ClN3O. The van der Waals surface area contributed by atoms with Crippen molar-refractivity contribution < 1.29 is 4.79 Å². The summed E-state index contributed by atoms with van der Waals surface area (Å²) < 4.78 is 0. The average molecular weight is 514 g/mol. The summed E-state index contributed by atoms with van der Waals surface area (Å²) in [6, 6.07) is 25.1. The number of rotatable bonds is 8. The average Bonchev–Trinajstić information content (AvgIpc) is 3.28. The molecule has 37 heavy (non-hydrogen) atoms. The molecule has 0 unspecified atom stereocenters. The van der Waals surface area contributed by atoms with Gasteiger partial charge < -0.3 is 15.2 Å². The normalized spacial score (nSPS) is 14.9. The van der Waals surface area contributed by atoms with Gasteiger partial charge in [-0.3, -0.25) is 4.79 Å². The standard InChI is InChI=1S/C32H36ClN3O/c1-22(2)32(37)34-27-11-6-8-24(21-27)23-15-18-36(19-16-23)17-7-13-29-28-12-3-4-14-30(28)35-31(29)25-9-5-10-26(33)20-25/h3-6,8-12,14,20-23,35H,7,13,15-19H2,1-2H3,(H,34,37). The number of amides is 1. The number of aromatic nitrogens is 1. The second-order valence-corrected chi connectivity index (χ2v) is 11.0. The highest BCUT2D eigenvalue weighted by molar-refractivity contribution is 6.30. The number of fused-ring (bicyclic) bond motifs is 1. The first kappa shape index (κ1) is 25.6. The number of aryl methyl sites for hydroxylation is 1. The molecule has 0 atom stereocenters. The van der Waals surface area contributed by atoms with Gasteiger partial charge in [-0.15, -0.1) is 0 Å². The fourth-order valence-corrected chi connectivity index (χ4v) is 5.67. The minimum Gasteiger partial charge on any atom is -0.354 e. The van der Waals surface area contributed by atoms with Gasteiger partial charge >= 0.3 is 0 Å². The third kappa shape index (κ3) is 6.08. The minimum absolute atomic E-state index is 0.0160. The zero-order chi connectivity index (χ0) is 25.8.